The molecule has 7 heteroatoms. The summed E-state index contributed by atoms with van der Waals surface area (Å²) < 4.78 is 16.0. The number of hydrogen-bond acceptors (Lipinski definition) is 5. The van der Waals surface area contributed by atoms with Gasteiger partial charge in [0.25, 0.3) is 5.89 Å². The van der Waals surface area contributed by atoms with Crippen LogP contribution in [0, 0.1) is 0 Å². The minimum Gasteiger partial charge on any atom is -0.496 e. The van der Waals surface area contributed by atoms with Gasteiger partial charge in [0.05, 0.1) is 22.7 Å². The molecule has 23 heavy (non-hydrogen) atoms. The fourth-order valence-electron chi connectivity index (χ4n) is 1.96. The molecule has 3 aromatic rings. The second-order valence-electron chi connectivity index (χ2n) is 4.58. The number of benzene rings is 2. The summed E-state index contributed by atoms with van der Waals surface area (Å²) in [5.74, 6) is 2.02. The largest absolute Gasteiger partial charge is 0.496 e. The molecule has 0 aliphatic rings. The molecule has 1 heterocycles. The summed E-state index contributed by atoms with van der Waals surface area (Å²) in [7, 11) is 1.59. The Labute approximate surface area is 142 Å². The molecule has 3 rings (SSSR count). The first-order valence-corrected chi connectivity index (χ1v) is 7.47. The zero-order valence-electron chi connectivity index (χ0n) is 12.1. The summed E-state index contributed by atoms with van der Waals surface area (Å²) in [6, 6.07) is 12.4. The van der Waals surface area contributed by atoms with Crippen molar-refractivity contribution in [3.63, 3.8) is 0 Å². The van der Waals surface area contributed by atoms with Crippen LogP contribution in [0.2, 0.25) is 10.0 Å². The second kappa shape index (κ2) is 6.89. The minimum absolute atomic E-state index is 0.125. The van der Waals surface area contributed by atoms with Crippen LogP contribution in [0.25, 0.3) is 11.4 Å². The third-order valence-electron chi connectivity index (χ3n) is 3.07. The highest BCUT2D eigenvalue weighted by Gasteiger charge is 2.13. The van der Waals surface area contributed by atoms with Crippen molar-refractivity contribution in [2.75, 3.05) is 7.11 Å². The van der Waals surface area contributed by atoms with E-state index >= 15 is 0 Å². The van der Waals surface area contributed by atoms with E-state index in [4.69, 9.17) is 37.2 Å². The van der Waals surface area contributed by atoms with E-state index in [1.165, 1.54) is 0 Å². The van der Waals surface area contributed by atoms with Crippen molar-refractivity contribution in [3.05, 3.63) is 58.4 Å². The van der Waals surface area contributed by atoms with Gasteiger partial charge in [0, 0.05) is 6.07 Å². The smallest absolute Gasteiger partial charge is 0.264 e. The third kappa shape index (κ3) is 3.57. The number of para-hydroxylation sites is 1. The van der Waals surface area contributed by atoms with E-state index in [1.807, 2.05) is 24.3 Å². The first-order valence-electron chi connectivity index (χ1n) is 6.71. The van der Waals surface area contributed by atoms with Gasteiger partial charge in [-0.15, -0.1) is 0 Å². The van der Waals surface area contributed by atoms with Gasteiger partial charge in [0.2, 0.25) is 5.82 Å². The lowest BCUT2D eigenvalue weighted by Crippen LogP contribution is -1.96. The fraction of sp³-hybridized carbons (Fsp3) is 0.125. The Hall–Kier alpha value is -2.24. The van der Waals surface area contributed by atoms with Gasteiger partial charge in [0.1, 0.15) is 11.5 Å². The molecular formula is C16H12Cl2N2O3. The maximum absolute atomic E-state index is 5.94. The molecule has 0 unspecified atom stereocenters. The zero-order chi connectivity index (χ0) is 16.2. The van der Waals surface area contributed by atoms with Gasteiger partial charge in [-0.25, -0.2) is 0 Å². The van der Waals surface area contributed by atoms with Crippen molar-refractivity contribution < 1.29 is 14.0 Å². The molecule has 0 saturated heterocycles. The molecule has 0 aliphatic heterocycles. The topological polar surface area (TPSA) is 57.4 Å². The summed E-state index contributed by atoms with van der Waals surface area (Å²) in [5.41, 5.74) is 0.750. The molecule has 0 saturated carbocycles. The van der Waals surface area contributed by atoms with E-state index in [0.717, 1.165) is 5.56 Å². The van der Waals surface area contributed by atoms with Gasteiger partial charge < -0.3 is 14.0 Å². The highest BCUT2D eigenvalue weighted by Crippen LogP contribution is 2.28. The number of rotatable bonds is 5. The van der Waals surface area contributed by atoms with Crippen LogP contribution in [0.3, 0.4) is 0 Å². The van der Waals surface area contributed by atoms with E-state index in [-0.39, 0.29) is 6.61 Å². The number of methoxy groups -OCH3 is 1. The Morgan fingerprint density at radius 3 is 2.70 bits per heavy atom. The highest BCUT2D eigenvalue weighted by molar-refractivity contribution is 6.42. The summed E-state index contributed by atoms with van der Waals surface area (Å²) in [6.45, 7) is 0.125. The van der Waals surface area contributed by atoms with Gasteiger partial charge >= 0.3 is 0 Å². The molecule has 2 aromatic carbocycles. The van der Waals surface area contributed by atoms with E-state index < -0.39 is 0 Å². The van der Waals surface area contributed by atoms with E-state index in [9.17, 15) is 0 Å². The maximum atomic E-state index is 5.94. The van der Waals surface area contributed by atoms with Gasteiger partial charge in [-0.1, -0.05) is 40.5 Å². The van der Waals surface area contributed by atoms with E-state index in [2.05, 4.69) is 10.1 Å². The third-order valence-corrected chi connectivity index (χ3v) is 3.81. The standard InChI is InChI=1S/C16H12Cl2N2O3/c1-21-14-5-3-2-4-11(14)16-19-15(23-20-16)9-22-10-6-7-12(17)13(18)8-10/h2-8H,9H2,1H3. The van der Waals surface area contributed by atoms with E-state index in [1.54, 1.807) is 25.3 Å². The second-order valence-corrected chi connectivity index (χ2v) is 5.39. The highest BCUT2D eigenvalue weighted by atomic mass is 35.5. The summed E-state index contributed by atoms with van der Waals surface area (Å²) in [4.78, 5) is 4.30. The molecule has 0 spiro atoms. The van der Waals surface area contributed by atoms with Crippen molar-refractivity contribution in [1.82, 2.24) is 10.1 Å². The van der Waals surface area contributed by atoms with Crippen molar-refractivity contribution in [3.8, 4) is 22.9 Å². The fourth-order valence-corrected chi connectivity index (χ4v) is 2.25. The summed E-state index contributed by atoms with van der Waals surface area (Å²) >= 11 is 11.8. The first kappa shape index (κ1) is 15.6. The van der Waals surface area contributed by atoms with Crippen molar-refractivity contribution in [1.29, 1.82) is 0 Å². The molecule has 0 aliphatic carbocycles. The summed E-state index contributed by atoms with van der Waals surface area (Å²) in [6.07, 6.45) is 0. The number of hydrogen-bond donors (Lipinski definition) is 0. The lowest BCUT2D eigenvalue weighted by molar-refractivity contribution is 0.243. The lowest BCUT2D eigenvalue weighted by Gasteiger charge is -2.04. The van der Waals surface area contributed by atoms with Gasteiger partial charge in [-0.3, -0.25) is 0 Å². The predicted molar refractivity (Wildman–Crippen MR) is 87.1 cm³/mol. The monoisotopic (exact) mass is 350 g/mol. The number of aromatic nitrogens is 2. The molecule has 0 atom stereocenters. The van der Waals surface area contributed by atoms with Crippen LogP contribution in [0.15, 0.2) is 47.0 Å². The molecule has 5 nitrogen and oxygen atoms in total. The first-order chi connectivity index (χ1) is 11.2. The lowest BCUT2D eigenvalue weighted by atomic mass is 10.2. The predicted octanol–water partition coefficient (Wildman–Crippen LogP) is 4.63. The van der Waals surface area contributed by atoms with Crippen molar-refractivity contribution in [2.45, 2.75) is 6.61 Å². The molecule has 1 aromatic heterocycles. The normalized spacial score (nSPS) is 10.6. The quantitative estimate of drug-likeness (QED) is 0.671. The summed E-state index contributed by atoms with van der Waals surface area (Å²) in [5, 5.41) is 4.83. The zero-order valence-corrected chi connectivity index (χ0v) is 13.6. The van der Waals surface area contributed by atoms with Crippen LogP contribution < -0.4 is 9.47 Å². The van der Waals surface area contributed by atoms with Crippen LogP contribution in [0.4, 0.5) is 0 Å². The molecule has 0 radical (unpaired) electrons. The minimum atomic E-state index is 0.125. The Kier molecular flexibility index (Phi) is 4.69. The molecule has 0 bridgehead atoms. The van der Waals surface area contributed by atoms with Crippen molar-refractivity contribution >= 4 is 23.2 Å². The molecule has 0 amide bonds. The molecular weight excluding hydrogens is 339 g/mol. The van der Waals surface area contributed by atoms with Gasteiger partial charge in [0.15, 0.2) is 6.61 Å². The maximum Gasteiger partial charge on any atom is 0.264 e. The van der Waals surface area contributed by atoms with E-state index in [0.29, 0.717) is 33.3 Å². The van der Waals surface area contributed by atoms with Crippen LogP contribution in [-0.4, -0.2) is 17.3 Å². The average Bonchev–Trinajstić information content (AvgIpc) is 3.04. The Morgan fingerprint density at radius 1 is 1.09 bits per heavy atom. The number of ether oxygens (including phenoxy) is 2. The van der Waals surface area contributed by atoms with Crippen LogP contribution in [0.1, 0.15) is 5.89 Å². The molecule has 0 N–H and O–H groups in total. The molecule has 0 fully saturated rings. The molecule has 118 valence electrons. The Balaban J connectivity index is 1.73. The van der Waals surface area contributed by atoms with Gasteiger partial charge in [-0.05, 0) is 24.3 Å². The van der Waals surface area contributed by atoms with Crippen LogP contribution in [0.5, 0.6) is 11.5 Å². The Morgan fingerprint density at radius 2 is 1.91 bits per heavy atom. The Bertz CT molecular complexity index is 821. The van der Waals surface area contributed by atoms with Crippen LogP contribution >= 0.6 is 23.2 Å². The number of halogens is 2. The average molecular weight is 351 g/mol. The van der Waals surface area contributed by atoms with Gasteiger partial charge in [-0.2, -0.15) is 4.98 Å². The van der Waals surface area contributed by atoms with Crippen molar-refractivity contribution in [2.24, 2.45) is 0 Å². The van der Waals surface area contributed by atoms with Crippen LogP contribution in [-0.2, 0) is 6.61 Å². The SMILES string of the molecule is COc1ccccc1-c1noc(COc2ccc(Cl)c(Cl)c2)n1. The number of nitrogens with zero attached hydrogens (tertiary/aromatic N) is 2.